The highest BCUT2D eigenvalue weighted by Crippen LogP contribution is 2.21. The van der Waals surface area contributed by atoms with E-state index in [4.69, 9.17) is 0 Å². The van der Waals surface area contributed by atoms with Crippen molar-refractivity contribution in [1.82, 2.24) is 5.43 Å². The van der Waals surface area contributed by atoms with Gasteiger partial charge in [-0.15, -0.1) is 0 Å². The minimum absolute atomic E-state index is 0.0232. The molecule has 0 aliphatic carbocycles. The average molecular weight is 356 g/mol. The lowest BCUT2D eigenvalue weighted by atomic mass is 10.1. The Kier molecular flexibility index (Phi) is 5.99. The molecule has 0 aliphatic rings. The zero-order valence-electron chi connectivity index (χ0n) is 13.8. The first-order valence-electron chi connectivity index (χ1n) is 7.61. The van der Waals surface area contributed by atoms with Crippen LogP contribution < -0.4 is 10.7 Å². The summed E-state index contributed by atoms with van der Waals surface area (Å²) in [4.78, 5) is 33.6. The number of phenolic OH excluding ortho intramolecular Hbond substituents is 1. The maximum atomic E-state index is 11.8. The van der Waals surface area contributed by atoms with Gasteiger partial charge in [0.15, 0.2) is 0 Å². The molecule has 0 aromatic heterocycles. The van der Waals surface area contributed by atoms with Crippen molar-refractivity contribution in [3.63, 3.8) is 0 Å². The highest BCUT2D eigenvalue weighted by atomic mass is 16.6. The van der Waals surface area contributed by atoms with E-state index in [1.165, 1.54) is 0 Å². The zero-order chi connectivity index (χ0) is 19.1. The largest absolute Gasteiger partial charge is 0.507 e. The maximum absolute atomic E-state index is 11.8. The first kappa shape index (κ1) is 18.6. The lowest BCUT2D eigenvalue weighted by molar-refractivity contribution is -0.384. The number of benzene rings is 2. The number of nitro benzene ring substituents is 1. The van der Waals surface area contributed by atoms with Crippen LogP contribution >= 0.6 is 0 Å². The highest BCUT2D eigenvalue weighted by molar-refractivity contribution is 6.39. The molecule has 134 valence electrons. The Hall–Kier alpha value is -3.75. The number of aryl methyl sites for hydroxylation is 1. The van der Waals surface area contributed by atoms with Crippen molar-refractivity contribution in [1.29, 1.82) is 0 Å². The summed E-state index contributed by atoms with van der Waals surface area (Å²) in [6.45, 7) is 2.00. The zero-order valence-corrected chi connectivity index (χ0v) is 13.8. The summed E-state index contributed by atoms with van der Waals surface area (Å²) in [5.41, 5.74) is 3.32. The van der Waals surface area contributed by atoms with Crippen LogP contribution in [0.5, 0.6) is 5.75 Å². The molecule has 0 saturated carbocycles. The predicted molar refractivity (Wildman–Crippen MR) is 94.9 cm³/mol. The monoisotopic (exact) mass is 356 g/mol. The predicted octanol–water partition coefficient (Wildman–Crippen LogP) is 1.95. The van der Waals surface area contributed by atoms with E-state index in [0.717, 1.165) is 36.4 Å². The van der Waals surface area contributed by atoms with E-state index in [0.29, 0.717) is 5.69 Å². The van der Waals surface area contributed by atoms with Crippen LogP contribution in [0.15, 0.2) is 47.6 Å². The van der Waals surface area contributed by atoms with Gasteiger partial charge in [0.1, 0.15) is 5.75 Å². The molecule has 3 N–H and O–H groups in total. The average Bonchev–Trinajstić information content (AvgIpc) is 2.63. The minimum Gasteiger partial charge on any atom is -0.507 e. The van der Waals surface area contributed by atoms with E-state index >= 15 is 0 Å². The van der Waals surface area contributed by atoms with Gasteiger partial charge >= 0.3 is 11.8 Å². The molecule has 0 bridgehead atoms. The van der Waals surface area contributed by atoms with Crippen LogP contribution in [-0.2, 0) is 16.0 Å². The Morgan fingerprint density at radius 3 is 2.50 bits per heavy atom. The van der Waals surface area contributed by atoms with E-state index in [2.05, 4.69) is 10.4 Å². The van der Waals surface area contributed by atoms with Crippen LogP contribution in [0.3, 0.4) is 0 Å². The summed E-state index contributed by atoms with van der Waals surface area (Å²) in [5, 5.41) is 26.3. The lowest BCUT2D eigenvalue weighted by Crippen LogP contribution is -2.32. The van der Waals surface area contributed by atoms with Crippen molar-refractivity contribution < 1.29 is 19.6 Å². The SMILES string of the molecule is CCc1ccc(NC(=O)C(=O)N/N=C/c2cc([N+](=O)[O-])ccc2O)cc1. The third kappa shape index (κ3) is 4.87. The van der Waals surface area contributed by atoms with Crippen molar-refractivity contribution >= 4 is 29.4 Å². The number of hydrogen-bond donors (Lipinski definition) is 3. The standard InChI is InChI=1S/C17H16N4O5/c1-2-11-3-5-13(6-4-11)19-16(23)17(24)20-18-10-12-9-14(21(25)26)7-8-15(12)22/h3-10,22H,2H2,1H3,(H,19,23)(H,20,24)/b18-10+. The Labute approximate surface area is 148 Å². The first-order chi connectivity index (χ1) is 12.4. The van der Waals surface area contributed by atoms with Crippen molar-refractivity contribution in [3.8, 4) is 5.75 Å². The Morgan fingerprint density at radius 2 is 1.88 bits per heavy atom. The molecule has 0 radical (unpaired) electrons. The molecule has 0 unspecified atom stereocenters. The van der Waals surface area contributed by atoms with Gasteiger partial charge in [0, 0.05) is 23.4 Å². The molecule has 0 aliphatic heterocycles. The number of anilines is 1. The van der Waals surface area contributed by atoms with Crippen LogP contribution in [0.25, 0.3) is 0 Å². The van der Waals surface area contributed by atoms with E-state index in [-0.39, 0.29) is 17.0 Å². The Balaban J connectivity index is 1.96. The molecule has 0 spiro atoms. The van der Waals surface area contributed by atoms with Crippen LogP contribution in [0.1, 0.15) is 18.1 Å². The van der Waals surface area contributed by atoms with Crippen molar-refractivity contribution in [3.05, 3.63) is 63.7 Å². The molecule has 2 aromatic carbocycles. The fourth-order valence-corrected chi connectivity index (χ4v) is 1.98. The van der Waals surface area contributed by atoms with Gasteiger partial charge in [0.05, 0.1) is 11.1 Å². The molecule has 2 amide bonds. The summed E-state index contributed by atoms with van der Waals surface area (Å²) >= 11 is 0. The molecule has 0 fully saturated rings. The second-order valence-corrected chi connectivity index (χ2v) is 5.20. The van der Waals surface area contributed by atoms with Gasteiger partial charge in [-0.25, -0.2) is 5.43 Å². The summed E-state index contributed by atoms with van der Waals surface area (Å²) in [6, 6.07) is 10.4. The van der Waals surface area contributed by atoms with Crippen LogP contribution in [-0.4, -0.2) is 28.1 Å². The quantitative estimate of drug-likeness (QED) is 0.326. The number of nitrogens with one attached hydrogen (secondary N) is 2. The molecule has 0 saturated heterocycles. The van der Waals surface area contributed by atoms with Gasteiger partial charge in [-0.1, -0.05) is 19.1 Å². The number of amides is 2. The number of aromatic hydroxyl groups is 1. The van der Waals surface area contributed by atoms with Crippen molar-refractivity contribution in [2.75, 3.05) is 5.32 Å². The summed E-state index contributed by atoms with van der Waals surface area (Å²) < 4.78 is 0. The van der Waals surface area contributed by atoms with Gasteiger partial charge < -0.3 is 10.4 Å². The summed E-state index contributed by atoms with van der Waals surface area (Å²) in [5.74, 6) is -2.20. The Morgan fingerprint density at radius 1 is 1.19 bits per heavy atom. The molecule has 2 aromatic rings. The van der Waals surface area contributed by atoms with Gasteiger partial charge in [-0.3, -0.25) is 19.7 Å². The molecular formula is C17H16N4O5. The van der Waals surface area contributed by atoms with Gasteiger partial charge in [-0.05, 0) is 30.2 Å². The number of carbonyl (C=O) groups excluding carboxylic acids is 2. The topological polar surface area (TPSA) is 134 Å². The van der Waals surface area contributed by atoms with Crippen molar-refractivity contribution in [2.24, 2.45) is 5.10 Å². The van der Waals surface area contributed by atoms with Crippen molar-refractivity contribution in [2.45, 2.75) is 13.3 Å². The van der Waals surface area contributed by atoms with Gasteiger partial charge in [0.25, 0.3) is 5.69 Å². The molecular weight excluding hydrogens is 340 g/mol. The molecule has 9 nitrogen and oxygen atoms in total. The number of non-ortho nitro benzene ring substituents is 1. The molecule has 0 atom stereocenters. The number of nitro groups is 1. The number of nitrogens with zero attached hydrogens (tertiary/aromatic N) is 2. The number of hydrogen-bond acceptors (Lipinski definition) is 6. The summed E-state index contributed by atoms with van der Waals surface area (Å²) in [6.07, 6.45) is 1.86. The maximum Gasteiger partial charge on any atom is 0.329 e. The smallest absolute Gasteiger partial charge is 0.329 e. The van der Waals surface area contributed by atoms with Crippen LogP contribution in [0.4, 0.5) is 11.4 Å². The first-order valence-corrected chi connectivity index (χ1v) is 7.61. The van der Waals surface area contributed by atoms with Crippen LogP contribution in [0, 0.1) is 10.1 Å². The number of rotatable bonds is 5. The number of hydrazone groups is 1. The second-order valence-electron chi connectivity index (χ2n) is 5.20. The molecule has 26 heavy (non-hydrogen) atoms. The fourth-order valence-electron chi connectivity index (χ4n) is 1.98. The van der Waals surface area contributed by atoms with Crippen LogP contribution in [0.2, 0.25) is 0 Å². The molecule has 2 rings (SSSR count). The number of phenols is 1. The summed E-state index contributed by atoms with van der Waals surface area (Å²) in [7, 11) is 0. The van der Waals surface area contributed by atoms with Gasteiger partial charge in [-0.2, -0.15) is 5.10 Å². The minimum atomic E-state index is -1.02. The fraction of sp³-hybridized carbons (Fsp3) is 0.118. The third-order valence-corrected chi connectivity index (χ3v) is 3.42. The van der Waals surface area contributed by atoms with E-state index < -0.39 is 16.7 Å². The normalized spacial score (nSPS) is 10.5. The van der Waals surface area contributed by atoms with E-state index in [9.17, 15) is 24.8 Å². The lowest BCUT2D eigenvalue weighted by Gasteiger charge is -2.05. The Bertz CT molecular complexity index is 862. The number of carbonyl (C=O) groups is 2. The third-order valence-electron chi connectivity index (χ3n) is 3.42. The highest BCUT2D eigenvalue weighted by Gasteiger charge is 2.13. The molecule has 9 heteroatoms. The second kappa shape index (κ2) is 8.38. The van der Waals surface area contributed by atoms with Gasteiger partial charge in [0.2, 0.25) is 0 Å². The van der Waals surface area contributed by atoms with E-state index in [1.807, 2.05) is 24.5 Å². The molecule has 0 heterocycles. The van der Waals surface area contributed by atoms with E-state index in [1.54, 1.807) is 12.1 Å².